The molecule has 4 heteroatoms. The van der Waals surface area contributed by atoms with E-state index in [9.17, 15) is 0 Å². The summed E-state index contributed by atoms with van der Waals surface area (Å²) in [4.78, 5) is 3.95. The lowest BCUT2D eigenvalue weighted by Crippen LogP contribution is -1.99. The van der Waals surface area contributed by atoms with Crippen molar-refractivity contribution >= 4 is 29.7 Å². The molecular formula is C7H10Cl2N2. The molecule has 0 heterocycles. The molecule has 0 aliphatic carbocycles. The first-order valence-corrected chi connectivity index (χ1v) is 3.69. The molecule has 0 N–H and O–H groups in total. The number of hydrogen-bond acceptors (Lipinski definition) is 1. The van der Waals surface area contributed by atoms with E-state index in [1.807, 2.05) is 6.92 Å². The van der Waals surface area contributed by atoms with Crippen molar-refractivity contribution in [3.8, 4) is 0 Å². The van der Waals surface area contributed by atoms with E-state index in [4.69, 9.17) is 23.4 Å². The van der Waals surface area contributed by atoms with Gasteiger partial charge >= 0.3 is 0 Å². The average Bonchev–Trinajstić information content (AvgIpc) is 1.82. The third kappa shape index (κ3) is 7.43. The summed E-state index contributed by atoms with van der Waals surface area (Å²) in [5, 5.41) is 0.455. The molecule has 0 unspecified atom stereocenters. The maximum atomic E-state index is 5.50. The third-order valence-electron chi connectivity index (χ3n) is 0.786. The van der Waals surface area contributed by atoms with Crippen molar-refractivity contribution in [3.63, 3.8) is 0 Å². The third-order valence-corrected chi connectivity index (χ3v) is 0.982. The fourth-order valence-electron chi connectivity index (χ4n) is 0.435. The lowest BCUT2D eigenvalue weighted by atomic mass is 10.4. The van der Waals surface area contributed by atoms with Gasteiger partial charge in [0.2, 0.25) is 0 Å². The van der Waals surface area contributed by atoms with Crippen molar-refractivity contribution in [2.75, 3.05) is 7.05 Å². The van der Waals surface area contributed by atoms with Gasteiger partial charge in [0.25, 0.3) is 0 Å². The number of halogens is 2. The number of nitrogens with zero attached hydrogens (tertiary/aromatic N) is 2. The summed E-state index contributed by atoms with van der Waals surface area (Å²) in [6.45, 7) is 5.30. The summed E-state index contributed by atoms with van der Waals surface area (Å²) in [7, 11) is 1.67. The first-order chi connectivity index (χ1) is 5.02. The Morgan fingerprint density at radius 2 is 2.18 bits per heavy atom. The van der Waals surface area contributed by atoms with E-state index in [1.54, 1.807) is 13.1 Å². The molecule has 0 saturated carbocycles. The van der Waals surface area contributed by atoms with E-state index < -0.39 is 0 Å². The molecule has 0 aromatic carbocycles. The molecule has 0 aromatic rings. The summed E-state index contributed by atoms with van der Waals surface area (Å²) in [5.74, 6) is 0. The number of allylic oxidation sites excluding steroid dienone is 3. The molecule has 0 atom stereocenters. The van der Waals surface area contributed by atoms with Gasteiger partial charge in [-0.15, -0.1) is 0 Å². The molecule has 0 amide bonds. The summed E-state index contributed by atoms with van der Waals surface area (Å²) >= 11 is 11.0. The van der Waals surface area contributed by atoms with Crippen LogP contribution in [0.5, 0.6) is 0 Å². The predicted molar refractivity (Wildman–Crippen MR) is 50.9 cm³/mol. The van der Waals surface area contributed by atoms with Gasteiger partial charge in [0.15, 0.2) is 0 Å². The SMILES string of the molecule is C=C(Cl)/C=C(C)/N=C\N(C)Cl. The van der Waals surface area contributed by atoms with Crippen molar-refractivity contribution in [1.82, 2.24) is 4.42 Å². The molecule has 11 heavy (non-hydrogen) atoms. The van der Waals surface area contributed by atoms with Crippen LogP contribution in [0.1, 0.15) is 6.92 Å². The largest absolute Gasteiger partial charge is 0.278 e. The highest BCUT2D eigenvalue weighted by atomic mass is 35.5. The lowest BCUT2D eigenvalue weighted by molar-refractivity contribution is 0.845. The van der Waals surface area contributed by atoms with Gasteiger partial charge in [-0.25, -0.2) is 4.99 Å². The molecule has 0 aromatic heterocycles. The van der Waals surface area contributed by atoms with Crippen molar-refractivity contribution in [1.29, 1.82) is 0 Å². The second-order valence-corrected chi connectivity index (χ2v) is 3.02. The van der Waals surface area contributed by atoms with E-state index in [0.717, 1.165) is 5.70 Å². The first kappa shape index (κ1) is 10.5. The Morgan fingerprint density at radius 1 is 1.64 bits per heavy atom. The van der Waals surface area contributed by atoms with Crippen molar-refractivity contribution in [2.24, 2.45) is 4.99 Å². The Bertz CT molecular complexity index is 195. The van der Waals surface area contributed by atoms with Crippen LogP contribution in [0.25, 0.3) is 0 Å². The van der Waals surface area contributed by atoms with Gasteiger partial charge < -0.3 is 0 Å². The maximum absolute atomic E-state index is 5.50. The minimum Gasteiger partial charge on any atom is -0.278 e. The van der Waals surface area contributed by atoms with Crippen molar-refractivity contribution < 1.29 is 0 Å². The van der Waals surface area contributed by atoms with Crippen LogP contribution in [0.2, 0.25) is 0 Å². The van der Waals surface area contributed by atoms with E-state index in [0.29, 0.717) is 5.03 Å². The van der Waals surface area contributed by atoms with E-state index in [-0.39, 0.29) is 0 Å². The van der Waals surface area contributed by atoms with Crippen LogP contribution in [0.4, 0.5) is 0 Å². The van der Waals surface area contributed by atoms with Crippen molar-refractivity contribution in [2.45, 2.75) is 6.92 Å². The molecular weight excluding hydrogens is 183 g/mol. The minimum absolute atomic E-state index is 0.455. The standard InChI is InChI=1S/C7H10Cl2N2/c1-6(8)4-7(2)10-5-11(3)9/h4-5H,1H2,2-3H3/b7-4+,10-5-. The quantitative estimate of drug-likeness (QED) is 0.291. The number of rotatable bonds is 3. The Labute approximate surface area is 76.9 Å². The molecule has 0 rings (SSSR count). The predicted octanol–water partition coefficient (Wildman–Crippen LogP) is 2.76. The average molecular weight is 193 g/mol. The summed E-state index contributed by atoms with van der Waals surface area (Å²) in [6.07, 6.45) is 3.13. The van der Waals surface area contributed by atoms with Gasteiger partial charge in [-0.2, -0.15) is 0 Å². The van der Waals surface area contributed by atoms with Gasteiger partial charge in [0.05, 0.1) is 0 Å². The smallest absolute Gasteiger partial charge is 0.105 e. The van der Waals surface area contributed by atoms with Gasteiger partial charge in [0.1, 0.15) is 6.34 Å². The Kier molecular flexibility index (Phi) is 4.99. The molecule has 0 aliphatic heterocycles. The molecule has 0 fully saturated rings. The van der Waals surface area contributed by atoms with Crippen LogP contribution in [-0.2, 0) is 0 Å². The zero-order valence-corrected chi connectivity index (χ0v) is 8.02. The highest BCUT2D eigenvalue weighted by Gasteiger charge is 1.85. The van der Waals surface area contributed by atoms with Gasteiger partial charge in [-0.1, -0.05) is 18.2 Å². The number of aliphatic imine (C=N–C) groups is 1. The van der Waals surface area contributed by atoms with E-state index in [1.165, 1.54) is 10.8 Å². The molecule has 2 nitrogen and oxygen atoms in total. The molecule has 0 aliphatic rings. The number of hydrogen-bond donors (Lipinski definition) is 0. The fourth-order valence-corrected chi connectivity index (χ4v) is 0.636. The lowest BCUT2D eigenvalue weighted by Gasteiger charge is -1.97. The van der Waals surface area contributed by atoms with Crippen LogP contribution in [0.15, 0.2) is 28.4 Å². The normalized spacial score (nSPS) is 12.2. The summed E-state index contributed by atoms with van der Waals surface area (Å²) in [6, 6.07) is 0. The minimum atomic E-state index is 0.455. The Morgan fingerprint density at radius 3 is 2.55 bits per heavy atom. The second-order valence-electron chi connectivity index (χ2n) is 2.00. The van der Waals surface area contributed by atoms with E-state index >= 15 is 0 Å². The summed E-state index contributed by atoms with van der Waals surface area (Å²) in [5.41, 5.74) is 0.762. The first-order valence-electron chi connectivity index (χ1n) is 2.98. The zero-order chi connectivity index (χ0) is 8.85. The highest BCUT2D eigenvalue weighted by Crippen LogP contribution is 2.04. The van der Waals surface area contributed by atoms with Crippen LogP contribution in [0, 0.1) is 0 Å². The zero-order valence-electron chi connectivity index (χ0n) is 6.51. The monoisotopic (exact) mass is 192 g/mol. The molecule has 0 bridgehead atoms. The Balaban J connectivity index is 4.06. The Hall–Kier alpha value is -0.470. The van der Waals surface area contributed by atoms with Crippen LogP contribution in [0.3, 0.4) is 0 Å². The van der Waals surface area contributed by atoms with Crippen LogP contribution in [-0.4, -0.2) is 17.8 Å². The van der Waals surface area contributed by atoms with Crippen LogP contribution >= 0.6 is 23.4 Å². The highest BCUT2D eigenvalue weighted by molar-refractivity contribution is 6.30. The van der Waals surface area contributed by atoms with Gasteiger partial charge in [-0.05, 0) is 13.0 Å². The van der Waals surface area contributed by atoms with Gasteiger partial charge in [0, 0.05) is 29.6 Å². The van der Waals surface area contributed by atoms with Crippen LogP contribution < -0.4 is 0 Å². The second kappa shape index (κ2) is 5.22. The van der Waals surface area contributed by atoms with E-state index in [2.05, 4.69) is 11.6 Å². The molecule has 0 saturated heterocycles. The maximum Gasteiger partial charge on any atom is 0.105 e. The topological polar surface area (TPSA) is 15.6 Å². The fraction of sp³-hybridized carbons (Fsp3) is 0.286. The molecule has 0 spiro atoms. The van der Waals surface area contributed by atoms with Crippen molar-refractivity contribution in [3.05, 3.63) is 23.4 Å². The molecule has 0 radical (unpaired) electrons. The summed E-state index contributed by atoms with van der Waals surface area (Å²) < 4.78 is 1.33. The van der Waals surface area contributed by atoms with Gasteiger partial charge in [-0.3, -0.25) is 4.42 Å². The molecule has 62 valence electrons.